The number of amides is 1. The molecule has 0 radical (unpaired) electrons. The van der Waals surface area contributed by atoms with Crippen LogP contribution in [-0.4, -0.2) is 56.8 Å². The summed E-state index contributed by atoms with van der Waals surface area (Å²) in [4.78, 5) is 35.1. The number of aromatic nitrogens is 2. The zero-order valence-electron chi connectivity index (χ0n) is 16.9. The summed E-state index contributed by atoms with van der Waals surface area (Å²) in [5.41, 5.74) is -0.902. The zero-order chi connectivity index (χ0) is 21.7. The van der Waals surface area contributed by atoms with E-state index in [4.69, 9.17) is 16.3 Å². The van der Waals surface area contributed by atoms with Gasteiger partial charge in [-0.2, -0.15) is 4.98 Å². The first-order valence-corrected chi connectivity index (χ1v) is 10.4. The molecule has 3 rings (SSSR count). The first-order chi connectivity index (χ1) is 13.4. The molecule has 10 heteroatoms. The van der Waals surface area contributed by atoms with Gasteiger partial charge in [-0.05, 0) is 56.6 Å². The molecule has 29 heavy (non-hydrogen) atoms. The Bertz CT molecular complexity index is 1020. The highest BCUT2D eigenvalue weighted by atomic mass is 79.9. The van der Waals surface area contributed by atoms with E-state index < -0.39 is 11.3 Å². The van der Waals surface area contributed by atoms with E-state index in [9.17, 15) is 14.7 Å². The van der Waals surface area contributed by atoms with Crippen molar-refractivity contribution in [1.29, 1.82) is 0 Å². The molecule has 1 saturated heterocycles. The van der Waals surface area contributed by atoms with Gasteiger partial charge in [0.1, 0.15) is 11.4 Å². The second-order valence-electron chi connectivity index (χ2n) is 8.29. The lowest BCUT2D eigenvalue weighted by Gasteiger charge is -2.44. The molecule has 0 saturated carbocycles. The molecule has 158 valence electrons. The molecule has 0 unspecified atom stereocenters. The summed E-state index contributed by atoms with van der Waals surface area (Å²) >= 11 is 9.44. The van der Waals surface area contributed by atoms with Gasteiger partial charge in [0.05, 0.1) is 15.0 Å². The van der Waals surface area contributed by atoms with Crippen LogP contribution in [0.1, 0.15) is 34.6 Å². The maximum atomic E-state index is 12.6. The smallest absolute Gasteiger partial charge is 0.410 e. The Morgan fingerprint density at radius 3 is 2.62 bits per heavy atom. The highest BCUT2D eigenvalue weighted by Crippen LogP contribution is 2.40. The van der Waals surface area contributed by atoms with E-state index in [-0.39, 0.29) is 29.4 Å². The number of nitrogens with zero attached hydrogens (tertiary/aromatic N) is 3. The molecule has 1 aromatic heterocycles. The Morgan fingerprint density at radius 2 is 2.00 bits per heavy atom. The summed E-state index contributed by atoms with van der Waals surface area (Å²) in [5.74, 6) is 0.262. The van der Waals surface area contributed by atoms with Gasteiger partial charge in [-0.25, -0.2) is 9.59 Å². The van der Waals surface area contributed by atoms with Crippen LogP contribution >= 0.6 is 27.5 Å². The van der Waals surface area contributed by atoms with Gasteiger partial charge >= 0.3 is 11.8 Å². The van der Waals surface area contributed by atoms with Crippen LogP contribution in [0.2, 0.25) is 5.02 Å². The largest absolute Gasteiger partial charge is 0.505 e. The molecule has 0 bridgehead atoms. The average molecular weight is 488 g/mol. The number of aromatic amines is 1. The molecule has 1 aliphatic rings. The van der Waals surface area contributed by atoms with Crippen molar-refractivity contribution in [2.45, 2.75) is 52.3 Å². The number of benzene rings is 1. The van der Waals surface area contributed by atoms with Gasteiger partial charge in [0, 0.05) is 30.6 Å². The lowest BCUT2D eigenvalue weighted by molar-refractivity contribution is 0.0130. The summed E-state index contributed by atoms with van der Waals surface area (Å²) in [6.45, 7) is 10.2. The fourth-order valence-corrected chi connectivity index (χ4v) is 3.93. The molecule has 2 atom stereocenters. The number of carbonyl (C=O) groups excluding carboxylic acids is 1. The van der Waals surface area contributed by atoms with E-state index in [0.717, 1.165) is 0 Å². The average Bonchev–Trinajstić information content (AvgIpc) is 2.60. The molecule has 8 nitrogen and oxygen atoms in total. The summed E-state index contributed by atoms with van der Waals surface area (Å²) in [6, 6.07) is 1.34. The maximum Gasteiger partial charge on any atom is 0.410 e. The standard InChI is InChI=1S/C19H24BrClN4O4/c1-9-8-25(18(28)29-19(3,4)5)10(2)7-24(9)16-11-6-12(21)13(20)15(26)14(11)22-17(27)23-16/h6,9-10,26H,7-8H2,1-5H3,(H,22,23,27)/t9-,10-/m0/s1. The zero-order valence-corrected chi connectivity index (χ0v) is 19.3. The molecule has 2 N–H and O–H groups in total. The molecule has 0 aliphatic carbocycles. The van der Waals surface area contributed by atoms with Crippen LogP contribution in [0.5, 0.6) is 5.75 Å². The first kappa shape index (κ1) is 21.7. The number of rotatable bonds is 1. The maximum absolute atomic E-state index is 12.6. The van der Waals surface area contributed by atoms with E-state index in [2.05, 4.69) is 25.9 Å². The third kappa shape index (κ3) is 4.30. The third-order valence-electron chi connectivity index (χ3n) is 4.76. The summed E-state index contributed by atoms with van der Waals surface area (Å²) in [5, 5.41) is 11.2. The predicted octanol–water partition coefficient (Wildman–Crippen LogP) is 3.88. The summed E-state index contributed by atoms with van der Waals surface area (Å²) in [7, 11) is 0. The lowest BCUT2D eigenvalue weighted by Crippen LogP contribution is -2.59. The molecule has 2 aromatic rings. The van der Waals surface area contributed by atoms with E-state index >= 15 is 0 Å². The topological polar surface area (TPSA) is 98.8 Å². The Hall–Kier alpha value is -2.00. The van der Waals surface area contributed by atoms with Gasteiger partial charge in [0.15, 0.2) is 5.75 Å². The van der Waals surface area contributed by atoms with E-state index in [1.165, 1.54) is 0 Å². The van der Waals surface area contributed by atoms with Crippen molar-refractivity contribution in [2.75, 3.05) is 18.0 Å². The Labute approximate surface area is 181 Å². The number of anilines is 1. The van der Waals surface area contributed by atoms with E-state index in [0.29, 0.717) is 33.8 Å². The van der Waals surface area contributed by atoms with Gasteiger partial charge in [0.2, 0.25) is 0 Å². The fourth-order valence-electron chi connectivity index (χ4n) is 3.42. The number of piperazine rings is 1. The molecule has 0 spiro atoms. The highest BCUT2D eigenvalue weighted by Gasteiger charge is 2.36. The number of aromatic hydroxyl groups is 1. The minimum atomic E-state index is -0.580. The van der Waals surface area contributed by atoms with Gasteiger partial charge in [-0.15, -0.1) is 0 Å². The predicted molar refractivity (Wildman–Crippen MR) is 116 cm³/mol. The molecule has 1 aromatic carbocycles. The number of ether oxygens (including phenoxy) is 1. The van der Waals surface area contributed by atoms with Gasteiger partial charge in [0.25, 0.3) is 0 Å². The fraction of sp³-hybridized carbons (Fsp3) is 0.526. The number of hydrogen-bond donors (Lipinski definition) is 2. The third-order valence-corrected chi connectivity index (χ3v) is 6.09. The number of nitrogens with one attached hydrogen (secondary N) is 1. The Balaban J connectivity index is 2.00. The summed E-state index contributed by atoms with van der Waals surface area (Å²) < 4.78 is 5.81. The van der Waals surface area contributed by atoms with Crippen molar-refractivity contribution in [3.8, 4) is 5.75 Å². The lowest BCUT2D eigenvalue weighted by atomic mass is 10.1. The number of phenolic OH excluding ortho intramolecular Hbond substituents is 1. The number of phenols is 1. The van der Waals surface area contributed by atoms with Gasteiger partial charge in [-0.3, -0.25) is 0 Å². The van der Waals surface area contributed by atoms with Crippen molar-refractivity contribution in [3.05, 3.63) is 26.0 Å². The van der Waals surface area contributed by atoms with Crippen LogP contribution in [0.15, 0.2) is 15.3 Å². The Kier molecular flexibility index (Phi) is 5.75. The molecular weight excluding hydrogens is 464 g/mol. The van der Waals surface area contributed by atoms with E-state index in [1.54, 1.807) is 11.0 Å². The normalized spacial score (nSPS) is 20.2. The van der Waals surface area contributed by atoms with Crippen LogP contribution in [0.4, 0.5) is 10.6 Å². The second kappa shape index (κ2) is 7.68. The van der Waals surface area contributed by atoms with E-state index in [1.807, 2.05) is 39.5 Å². The van der Waals surface area contributed by atoms with Crippen molar-refractivity contribution in [1.82, 2.24) is 14.9 Å². The minimum Gasteiger partial charge on any atom is -0.505 e. The Morgan fingerprint density at radius 1 is 1.34 bits per heavy atom. The summed E-state index contributed by atoms with van der Waals surface area (Å²) in [6.07, 6.45) is -0.371. The number of carbonyl (C=O) groups is 1. The van der Waals surface area contributed by atoms with Crippen molar-refractivity contribution in [2.24, 2.45) is 0 Å². The number of H-pyrrole nitrogens is 1. The number of halogens is 2. The van der Waals surface area contributed by atoms with Gasteiger partial charge in [-0.1, -0.05) is 11.6 Å². The molecule has 1 amide bonds. The number of fused-ring (bicyclic) bond motifs is 1. The van der Waals surface area contributed by atoms with Crippen LogP contribution in [-0.2, 0) is 4.74 Å². The van der Waals surface area contributed by atoms with Crippen LogP contribution in [0.3, 0.4) is 0 Å². The molecule has 1 aliphatic heterocycles. The van der Waals surface area contributed by atoms with Crippen LogP contribution < -0.4 is 10.6 Å². The van der Waals surface area contributed by atoms with Gasteiger partial charge < -0.3 is 24.6 Å². The van der Waals surface area contributed by atoms with Crippen molar-refractivity contribution >= 4 is 50.3 Å². The van der Waals surface area contributed by atoms with Crippen molar-refractivity contribution < 1.29 is 14.6 Å². The molecule has 2 heterocycles. The monoisotopic (exact) mass is 486 g/mol. The minimum absolute atomic E-state index is 0.138. The quantitative estimate of drug-likeness (QED) is 0.633. The molecule has 1 fully saturated rings. The second-order valence-corrected chi connectivity index (χ2v) is 9.49. The number of hydrogen-bond acceptors (Lipinski definition) is 6. The first-order valence-electron chi connectivity index (χ1n) is 9.26. The van der Waals surface area contributed by atoms with Crippen LogP contribution in [0.25, 0.3) is 10.9 Å². The highest BCUT2D eigenvalue weighted by molar-refractivity contribution is 9.10. The van der Waals surface area contributed by atoms with Crippen molar-refractivity contribution in [3.63, 3.8) is 0 Å². The molecular formula is C19H24BrClN4O4. The SMILES string of the molecule is C[C@H]1CN(c2nc(=O)[nH]c3c(O)c(Br)c(Cl)cc23)[C@@H](C)CN1C(=O)OC(C)(C)C. The van der Waals surface area contributed by atoms with Crippen LogP contribution in [0, 0.1) is 0 Å².